The van der Waals surface area contributed by atoms with Crippen LogP contribution in [0.1, 0.15) is 11.6 Å². The number of benzene rings is 1. The second kappa shape index (κ2) is 6.63. The van der Waals surface area contributed by atoms with Gasteiger partial charge in [-0.25, -0.2) is 17.8 Å². The van der Waals surface area contributed by atoms with Gasteiger partial charge in [-0.1, -0.05) is 0 Å². The molecular weight excluding hydrogens is 351 g/mol. The SMILES string of the molecule is CN(C)c1noc(CS(=O)(=O)Cc2coc(-c3ccc(F)cc3)n2)n1. The number of rotatable bonds is 6. The third-order valence-electron chi connectivity index (χ3n) is 3.21. The largest absolute Gasteiger partial charge is 0.444 e. The minimum absolute atomic E-state index is 0.00551. The summed E-state index contributed by atoms with van der Waals surface area (Å²) in [5.41, 5.74) is 0.796. The molecule has 0 bridgehead atoms. The molecule has 2 heterocycles. The number of hydrogen-bond acceptors (Lipinski definition) is 8. The lowest BCUT2D eigenvalue weighted by Crippen LogP contribution is -2.11. The average molecular weight is 366 g/mol. The van der Waals surface area contributed by atoms with Crippen LogP contribution in [-0.4, -0.2) is 37.6 Å². The second-order valence-corrected chi connectivity index (χ2v) is 7.63. The monoisotopic (exact) mass is 366 g/mol. The van der Waals surface area contributed by atoms with E-state index in [9.17, 15) is 12.8 Å². The van der Waals surface area contributed by atoms with E-state index in [1.807, 2.05) is 0 Å². The summed E-state index contributed by atoms with van der Waals surface area (Å²) < 4.78 is 47.7. The van der Waals surface area contributed by atoms with Gasteiger partial charge in [-0.3, -0.25) is 0 Å². The van der Waals surface area contributed by atoms with Crippen LogP contribution in [0.5, 0.6) is 0 Å². The van der Waals surface area contributed by atoms with E-state index in [1.165, 1.54) is 30.5 Å². The van der Waals surface area contributed by atoms with Gasteiger partial charge in [-0.05, 0) is 29.4 Å². The van der Waals surface area contributed by atoms with Gasteiger partial charge < -0.3 is 13.8 Å². The normalized spacial score (nSPS) is 11.6. The molecule has 0 unspecified atom stereocenters. The Morgan fingerprint density at radius 1 is 1.12 bits per heavy atom. The molecule has 3 aromatic rings. The zero-order valence-electron chi connectivity index (χ0n) is 13.5. The summed E-state index contributed by atoms with van der Waals surface area (Å²) in [7, 11) is -0.137. The maximum Gasteiger partial charge on any atom is 0.265 e. The van der Waals surface area contributed by atoms with Gasteiger partial charge in [0.05, 0.1) is 11.4 Å². The molecular formula is C15H15FN4O4S. The Balaban J connectivity index is 1.71. The average Bonchev–Trinajstić information content (AvgIpc) is 3.17. The van der Waals surface area contributed by atoms with E-state index in [-0.39, 0.29) is 29.0 Å². The van der Waals surface area contributed by atoms with E-state index in [4.69, 9.17) is 8.94 Å². The molecule has 0 amide bonds. The Bertz CT molecular complexity index is 964. The fraction of sp³-hybridized carbons (Fsp3) is 0.267. The van der Waals surface area contributed by atoms with Gasteiger partial charge in [-0.15, -0.1) is 0 Å². The number of nitrogens with zero attached hydrogens (tertiary/aromatic N) is 4. The van der Waals surface area contributed by atoms with Crippen LogP contribution in [-0.2, 0) is 21.3 Å². The third kappa shape index (κ3) is 4.21. The van der Waals surface area contributed by atoms with Crippen LogP contribution in [0.2, 0.25) is 0 Å². The molecule has 0 saturated carbocycles. The fourth-order valence-electron chi connectivity index (χ4n) is 2.05. The Labute approximate surface area is 143 Å². The molecule has 0 aliphatic rings. The van der Waals surface area contributed by atoms with Crippen molar-refractivity contribution in [3.05, 3.63) is 47.9 Å². The molecule has 0 spiro atoms. The summed E-state index contributed by atoms with van der Waals surface area (Å²) >= 11 is 0. The lowest BCUT2D eigenvalue weighted by molar-refractivity contribution is 0.388. The fourth-order valence-corrected chi connectivity index (χ4v) is 3.23. The van der Waals surface area contributed by atoms with Crippen molar-refractivity contribution in [2.45, 2.75) is 11.5 Å². The summed E-state index contributed by atoms with van der Waals surface area (Å²) in [6.45, 7) is 0. The highest BCUT2D eigenvalue weighted by Gasteiger charge is 2.21. The maximum atomic E-state index is 12.9. The molecule has 132 valence electrons. The van der Waals surface area contributed by atoms with E-state index in [0.29, 0.717) is 11.5 Å². The van der Waals surface area contributed by atoms with Crippen LogP contribution >= 0.6 is 0 Å². The first kappa shape index (κ1) is 17.1. The van der Waals surface area contributed by atoms with E-state index in [1.54, 1.807) is 19.0 Å². The van der Waals surface area contributed by atoms with E-state index < -0.39 is 15.6 Å². The number of halogens is 1. The highest BCUT2D eigenvalue weighted by molar-refractivity contribution is 7.89. The summed E-state index contributed by atoms with van der Waals surface area (Å²) in [5, 5.41) is 3.67. The second-order valence-electron chi connectivity index (χ2n) is 5.57. The first-order chi connectivity index (χ1) is 11.8. The van der Waals surface area contributed by atoms with Crippen molar-refractivity contribution in [3.63, 3.8) is 0 Å². The topological polar surface area (TPSA) is 102 Å². The highest BCUT2D eigenvalue weighted by Crippen LogP contribution is 2.20. The minimum Gasteiger partial charge on any atom is -0.444 e. The molecule has 3 rings (SSSR count). The van der Waals surface area contributed by atoms with Crippen molar-refractivity contribution in [1.82, 2.24) is 15.1 Å². The molecule has 0 radical (unpaired) electrons. The number of anilines is 1. The first-order valence-corrected chi connectivity index (χ1v) is 9.05. The molecule has 2 aromatic heterocycles. The number of sulfone groups is 1. The molecule has 25 heavy (non-hydrogen) atoms. The van der Waals surface area contributed by atoms with Gasteiger partial charge >= 0.3 is 0 Å². The maximum absolute atomic E-state index is 12.9. The van der Waals surface area contributed by atoms with Gasteiger partial charge in [0.2, 0.25) is 11.8 Å². The third-order valence-corrected chi connectivity index (χ3v) is 4.63. The van der Waals surface area contributed by atoms with E-state index in [0.717, 1.165) is 0 Å². The summed E-state index contributed by atoms with van der Waals surface area (Å²) in [4.78, 5) is 9.72. The zero-order valence-corrected chi connectivity index (χ0v) is 14.3. The summed E-state index contributed by atoms with van der Waals surface area (Å²) in [6, 6.07) is 5.54. The van der Waals surface area contributed by atoms with Crippen molar-refractivity contribution in [1.29, 1.82) is 0 Å². The van der Waals surface area contributed by atoms with Crippen molar-refractivity contribution >= 4 is 15.8 Å². The molecule has 0 aliphatic carbocycles. The van der Waals surface area contributed by atoms with Gasteiger partial charge in [0, 0.05) is 19.7 Å². The quantitative estimate of drug-likeness (QED) is 0.653. The highest BCUT2D eigenvalue weighted by atomic mass is 32.2. The number of aromatic nitrogens is 3. The van der Waals surface area contributed by atoms with Crippen LogP contribution in [0, 0.1) is 5.82 Å². The number of oxazole rings is 1. The van der Waals surface area contributed by atoms with Gasteiger partial charge in [0.1, 0.15) is 17.8 Å². The number of hydrogen-bond donors (Lipinski definition) is 0. The molecule has 10 heteroatoms. The molecule has 1 aromatic carbocycles. The zero-order chi connectivity index (χ0) is 18.0. The molecule has 0 atom stereocenters. The minimum atomic E-state index is -3.57. The predicted molar refractivity (Wildman–Crippen MR) is 86.8 cm³/mol. The standard InChI is InChI=1S/C15H15FN4O4S/c1-20(2)15-18-13(24-19-15)9-25(21,22)8-12-7-23-14(17-12)10-3-5-11(16)6-4-10/h3-7H,8-9H2,1-2H3. The van der Waals surface area contributed by atoms with Crippen molar-refractivity contribution in [2.75, 3.05) is 19.0 Å². The lowest BCUT2D eigenvalue weighted by atomic mass is 10.2. The molecule has 0 saturated heterocycles. The van der Waals surface area contributed by atoms with Crippen molar-refractivity contribution in [2.24, 2.45) is 0 Å². The molecule has 8 nitrogen and oxygen atoms in total. The van der Waals surface area contributed by atoms with Crippen LogP contribution < -0.4 is 4.90 Å². The first-order valence-electron chi connectivity index (χ1n) is 7.23. The summed E-state index contributed by atoms with van der Waals surface area (Å²) in [5.74, 6) is -0.590. The van der Waals surface area contributed by atoms with Crippen LogP contribution in [0.4, 0.5) is 10.3 Å². The smallest absolute Gasteiger partial charge is 0.265 e. The van der Waals surface area contributed by atoms with Crippen LogP contribution in [0.25, 0.3) is 11.5 Å². The van der Waals surface area contributed by atoms with Gasteiger partial charge in [-0.2, -0.15) is 4.98 Å². The Hall–Kier alpha value is -2.75. The molecule has 0 aliphatic heterocycles. The van der Waals surface area contributed by atoms with Crippen LogP contribution in [0.3, 0.4) is 0 Å². The summed E-state index contributed by atoms with van der Waals surface area (Å²) in [6.07, 6.45) is 1.26. The lowest BCUT2D eigenvalue weighted by Gasteiger charge is -2.02. The Kier molecular flexibility index (Phi) is 4.53. The Morgan fingerprint density at radius 3 is 2.48 bits per heavy atom. The van der Waals surface area contributed by atoms with Crippen molar-refractivity contribution in [3.8, 4) is 11.5 Å². The molecule has 0 fully saturated rings. The van der Waals surface area contributed by atoms with E-state index in [2.05, 4.69) is 15.1 Å². The van der Waals surface area contributed by atoms with Crippen LogP contribution in [0.15, 0.2) is 39.5 Å². The van der Waals surface area contributed by atoms with Gasteiger partial charge in [0.15, 0.2) is 9.84 Å². The van der Waals surface area contributed by atoms with E-state index >= 15 is 0 Å². The molecule has 0 N–H and O–H groups in total. The predicted octanol–water partition coefficient (Wildman–Crippen LogP) is 2.04. The Morgan fingerprint density at radius 2 is 1.84 bits per heavy atom. The van der Waals surface area contributed by atoms with Crippen molar-refractivity contribution < 1.29 is 21.7 Å². The van der Waals surface area contributed by atoms with Gasteiger partial charge in [0.25, 0.3) is 5.95 Å².